The Bertz CT molecular complexity index is 526. The van der Waals surface area contributed by atoms with Crippen molar-refractivity contribution in [2.45, 2.75) is 13.5 Å². The second kappa shape index (κ2) is 3.99. The van der Waals surface area contributed by atoms with Gasteiger partial charge in [-0.3, -0.25) is 9.67 Å². The van der Waals surface area contributed by atoms with E-state index in [2.05, 4.69) is 32.1 Å². The van der Waals surface area contributed by atoms with Crippen LogP contribution >= 0.6 is 15.9 Å². The highest BCUT2D eigenvalue weighted by Crippen LogP contribution is 2.15. The van der Waals surface area contributed by atoms with Gasteiger partial charge in [0, 0.05) is 10.7 Å². The van der Waals surface area contributed by atoms with Crippen LogP contribution in [0.4, 0.5) is 0 Å². The highest BCUT2D eigenvalue weighted by Gasteiger charge is 2.05. The number of pyridine rings is 1. The molecule has 76 valence electrons. The number of hydrogen-bond donors (Lipinski definition) is 0. The van der Waals surface area contributed by atoms with Gasteiger partial charge in [-0.15, -0.1) is 0 Å². The van der Waals surface area contributed by atoms with Crippen LogP contribution in [0.1, 0.15) is 6.92 Å². The molecular formula is C10H9BrN4. The zero-order chi connectivity index (χ0) is 10.8. The lowest BCUT2D eigenvalue weighted by Crippen LogP contribution is -2.05. The van der Waals surface area contributed by atoms with Crippen LogP contribution in [-0.2, 0) is 6.54 Å². The Balaban J connectivity index is 2.35. The number of nitriles is 1. The van der Waals surface area contributed by atoms with Gasteiger partial charge in [0.25, 0.3) is 0 Å². The molecule has 0 N–H and O–H groups in total. The van der Waals surface area contributed by atoms with Crippen LogP contribution < -0.4 is 0 Å². The summed E-state index contributed by atoms with van der Waals surface area (Å²) in [6, 6.07) is 4.09. The summed E-state index contributed by atoms with van der Waals surface area (Å²) < 4.78 is 2.67. The molecule has 0 aliphatic carbocycles. The summed E-state index contributed by atoms with van der Waals surface area (Å²) in [7, 11) is 0. The van der Waals surface area contributed by atoms with Crippen LogP contribution in [0.3, 0.4) is 0 Å². The van der Waals surface area contributed by atoms with E-state index < -0.39 is 0 Å². The summed E-state index contributed by atoms with van der Waals surface area (Å²) in [6.07, 6.45) is 3.59. The minimum absolute atomic E-state index is 0.0391. The molecule has 4 nitrogen and oxygen atoms in total. The van der Waals surface area contributed by atoms with Crippen molar-refractivity contribution in [1.29, 1.82) is 5.26 Å². The van der Waals surface area contributed by atoms with E-state index in [9.17, 15) is 0 Å². The zero-order valence-corrected chi connectivity index (χ0v) is 9.77. The summed E-state index contributed by atoms with van der Waals surface area (Å²) in [6.45, 7) is 2.47. The van der Waals surface area contributed by atoms with E-state index in [1.165, 1.54) is 0 Å². The van der Waals surface area contributed by atoms with Crippen LogP contribution in [0, 0.1) is 17.2 Å². The van der Waals surface area contributed by atoms with Crippen LogP contribution in [0.5, 0.6) is 0 Å². The van der Waals surface area contributed by atoms with Crippen molar-refractivity contribution in [2.75, 3.05) is 0 Å². The maximum atomic E-state index is 8.70. The first-order chi connectivity index (χ1) is 7.19. The monoisotopic (exact) mass is 264 g/mol. The Morgan fingerprint density at radius 1 is 1.60 bits per heavy atom. The first-order valence-corrected chi connectivity index (χ1v) is 5.36. The van der Waals surface area contributed by atoms with E-state index in [0.717, 1.165) is 15.5 Å². The SMILES string of the molecule is CC(C#N)Cn1cc2ncc(Br)cc2n1. The van der Waals surface area contributed by atoms with E-state index in [-0.39, 0.29) is 5.92 Å². The van der Waals surface area contributed by atoms with E-state index in [1.807, 2.05) is 19.2 Å². The molecule has 0 aliphatic heterocycles. The normalized spacial score (nSPS) is 12.6. The number of aromatic nitrogens is 3. The fourth-order valence-electron chi connectivity index (χ4n) is 1.34. The maximum Gasteiger partial charge on any atom is 0.112 e. The van der Waals surface area contributed by atoms with E-state index >= 15 is 0 Å². The minimum Gasteiger partial charge on any atom is -0.269 e. The molecule has 2 aromatic heterocycles. The third-order valence-corrected chi connectivity index (χ3v) is 2.49. The molecule has 1 unspecified atom stereocenters. The van der Waals surface area contributed by atoms with Crippen molar-refractivity contribution in [2.24, 2.45) is 5.92 Å². The Kier molecular flexibility index (Phi) is 2.69. The van der Waals surface area contributed by atoms with Gasteiger partial charge in [0.2, 0.25) is 0 Å². The Labute approximate surface area is 95.7 Å². The predicted octanol–water partition coefficient (Wildman–Crippen LogP) is 2.35. The Morgan fingerprint density at radius 3 is 3.13 bits per heavy atom. The molecule has 0 bridgehead atoms. The number of fused-ring (bicyclic) bond motifs is 1. The molecule has 2 heterocycles. The molecule has 5 heteroatoms. The molecule has 0 saturated carbocycles. The highest BCUT2D eigenvalue weighted by molar-refractivity contribution is 9.10. The van der Waals surface area contributed by atoms with Gasteiger partial charge in [-0.2, -0.15) is 10.4 Å². The summed E-state index contributed by atoms with van der Waals surface area (Å²) in [5.74, 6) is -0.0391. The van der Waals surface area contributed by atoms with Crippen LogP contribution in [0.25, 0.3) is 11.0 Å². The number of rotatable bonds is 2. The summed E-state index contributed by atoms with van der Waals surface area (Å²) in [4.78, 5) is 4.22. The fourth-order valence-corrected chi connectivity index (χ4v) is 1.66. The minimum atomic E-state index is -0.0391. The molecule has 0 radical (unpaired) electrons. The molecule has 2 aromatic rings. The van der Waals surface area contributed by atoms with Crippen molar-refractivity contribution < 1.29 is 0 Å². The Hall–Kier alpha value is -1.41. The van der Waals surface area contributed by atoms with Crippen molar-refractivity contribution in [3.63, 3.8) is 0 Å². The smallest absolute Gasteiger partial charge is 0.112 e. The standard InChI is InChI=1S/C10H9BrN4/c1-7(3-12)5-15-6-10-9(14-15)2-8(11)4-13-10/h2,4,6-7H,5H2,1H3. The molecule has 0 aliphatic rings. The van der Waals surface area contributed by atoms with Crippen LogP contribution in [0.2, 0.25) is 0 Å². The average molecular weight is 265 g/mol. The maximum absolute atomic E-state index is 8.70. The zero-order valence-electron chi connectivity index (χ0n) is 8.18. The first kappa shape index (κ1) is 10.1. The van der Waals surface area contributed by atoms with Gasteiger partial charge in [-0.05, 0) is 28.9 Å². The molecule has 0 saturated heterocycles. The van der Waals surface area contributed by atoms with Gasteiger partial charge in [-0.25, -0.2) is 0 Å². The van der Waals surface area contributed by atoms with Gasteiger partial charge in [0.15, 0.2) is 0 Å². The molecule has 0 aromatic carbocycles. The van der Waals surface area contributed by atoms with E-state index in [4.69, 9.17) is 5.26 Å². The predicted molar refractivity (Wildman–Crippen MR) is 60.0 cm³/mol. The topological polar surface area (TPSA) is 54.5 Å². The molecule has 2 rings (SSSR count). The average Bonchev–Trinajstić information content (AvgIpc) is 2.59. The third-order valence-electron chi connectivity index (χ3n) is 2.05. The Morgan fingerprint density at radius 2 is 2.40 bits per heavy atom. The van der Waals surface area contributed by atoms with Crippen molar-refractivity contribution >= 4 is 27.0 Å². The fraction of sp³-hybridized carbons (Fsp3) is 0.300. The second-order valence-electron chi connectivity index (χ2n) is 3.44. The number of nitrogens with zero attached hydrogens (tertiary/aromatic N) is 4. The van der Waals surface area contributed by atoms with Gasteiger partial charge < -0.3 is 0 Å². The van der Waals surface area contributed by atoms with E-state index in [0.29, 0.717) is 6.54 Å². The molecule has 1 atom stereocenters. The molecule has 0 amide bonds. The molecule has 15 heavy (non-hydrogen) atoms. The third kappa shape index (κ3) is 2.16. The molecule has 0 fully saturated rings. The van der Waals surface area contributed by atoms with Crippen molar-refractivity contribution in [3.8, 4) is 6.07 Å². The van der Waals surface area contributed by atoms with Crippen LogP contribution in [0.15, 0.2) is 22.9 Å². The quantitative estimate of drug-likeness (QED) is 0.837. The van der Waals surface area contributed by atoms with Gasteiger partial charge in [0.1, 0.15) is 11.0 Å². The van der Waals surface area contributed by atoms with Gasteiger partial charge in [0.05, 0.1) is 24.7 Å². The largest absolute Gasteiger partial charge is 0.269 e. The van der Waals surface area contributed by atoms with E-state index in [1.54, 1.807) is 10.9 Å². The highest BCUT2D eigenvalue weighted by atomic mass is 79.9. The second-order valence-corrected chi connectivity index (χ2v) is 4.35. The molecular weight excluding hydrogens is 256 g/mol. The summed E-state index contributed by atoms with van der Waals surface area (Å²) in [5, 5.41) is 13.0. The number of halogens is 1. The van der Waals surface area contributed by atoms with Crippen molar-refractivity contribution in [3.05, 3.63) is 22.9 Å². The van der Waals surface area contributed by atoms with Crippen molar-refractivity contribution in [1.82, 2.24) is 14.8 Å². The van der Waals surface area contributed by atoms with Gasteiger partial charge in [-0.1, -0.05) is 0 Å². The lowest BCUT2D eigenvalue weighted by atomic mass is 10.2. The lowest BCUT2D eigenvalue weighted by molar-refractivity contribution is 0.532. The number of hydrogen-bond acceptors (Lipinski definition) is 3. The summed E-state index contributed by atoms with van der Waals surface area (Å²) in [5.41, 5.74) is 1.69. The summed E-state index contributed by atoms with van der Waals surface area (Å²) >= 11 is 3.34. The van der Waals surface area contributed by atoms with Crippen LogP contribution in [-0.4, -0.2) is 14.8 Å². The van der Waals surface area contributed by atoms with Gasteiger partial charge >= 0.3 is 0 Å². The first-order valence-electron chi connectivity index (χ1n) is 4.57. The molecule has 0 spiro atoms. The lowest BCUT2D eigenvalue weighted by Gasteiger charge is -2.00.